The van der Waals surface area contributed by atoms with Crippen molar-refractivity contribution in [1.29, 1.82) is 0 Å². The van der Waals surface area contributed by atoms with E-state index in [0.717, 1.165) is 19.4 Å². The topological polar surface area (TPSA) is 9.23 Å². The van der Waals surface area contributed by atoms with Crippen molar-refractivity contribution in [3.8, 4) is 12.3 Å². The maximum Gasteiger partial charge on any atom is 0.0462 e. The zero-order chi connectivity index (χ0) is 8.53. The van der Waals surface area contributed by atoms with E-state index in [1.54, 1.807) is 7.11 Å². The van der Waals surface area contributed by atoms with Crippen molar-refractivity contribution in [3.05, 3.63) is 0 Å². The Morgan fingerprint density at radius 2 is 2.09 bits per heavy atom. The normalized spacial score (nSPS) is 12.5. The molecule has 0 saturated carbocycles. The van der Waals surface area contributed by atoms with Crippen molar-refractivity contribution >= 4 is 0 Å². The highest BCUT2D eigenvalue weighted by Crippen LogP contribution is 2.07. The quantitative estimate of drug-likeness (QED) is 0.422. The Hall–Kier alpha value is -0.480. The number of unbranched alkanes of at least 4 members (excludes halogenated alkanes) is 2. The van der Waals surface area contributed by atoms with Gasteiger partial charge in [0.1, 0.15) is 0 Å². The summed E-state index contributed by atoms with van der Waals surface area (Å²) in [7, 11) is 1.74. The van der Waals surface area contributed by atoms with Crippen LogP contribution in [0.2, 0.25) is 0 Å². The van der Waals surface area contributed by atoms with Crippen LogP contribution in [0, 0.1) is 18.3 Å². The molecule has 0 aliphatic carbocycles. The van der Waals surface area contributed by atoms with E-state index in [0.29, 0.717) is 5.92 Å². The van der Waals surface area contributed by atoms with Crippen LogP contribution in [0.3, 0.4) is 0 Å². The van der Waals surface area contributed by atoms with E-state index in [9.17, 15) is 0 Å². The minimum Gasteiger partial charge on any atom is -0.385 e. The molecule has 0 radical (unpaired) electrons. The monoisotopic (exact) mass is 154 g/mol. The number of methoxy groups -OCH3 is 1. The van der Waals surface area contributed by atoms with Crippen molar-refractivity contribution in [3.63, 3.8) is 0 Å². The Morgan fingerprint density at radius 3 is 2.64 bits per heavy atom. The fourth-order valence-electron chi connectivity index (χ4n) is 0.957. The van der Waals surface area contributed by atoms with E-state index in [1.807, 2.05) is 0 Å². The first kappa shape index (κ1) is 10.5. The number of terminal acetylenes is 1. The van der Waals surface area contributed by atoms with Gasteiger partial charge in [0.25, 0.3) is 0 Å². The Morgan fingerprint density at radius 1 is 1.36 bits per heavy atom. The molecular formula is C10H18O. The van der Waals surface area contributed by atoms with Crippen molar-refractivity contribution in [2.24, 2.45) is 5.92 Å². The molecule has 0 heterocycles. The lowest BCUT2D eigenvalue weighted by Gasteiger charge is -2.02. The largest absolute Gasteiger partial charge is 0.385 e. The summed E-state index contributed by atoms with van der Waals surface area (Å²) >= 11 is 0. The van der Waals surface area contributed by atoms with Gasteiger partial charge in [-0.25, -0.2) is 0 Å². The van der Waals surface area contributed by atoms with E-state index in [4.69, 9.17) is 11.2 Å². The molecule has 1 atom stereocenters. The van der Waals surface area contributed by atoms with Crippen LogP contribution in [-0.2, 0) is 4.74 Å². The average Bonchev–Trinajstić information content (AvgIpc) is 2.04. The van der Waals surface area contributed by atoms with Gasteiger partial charge in [-0.1, -0.05) is 19.8 Å². The summed E-state index contributed by atoms with van der Waals surface area (Å²) in [6.45, 7) is 2.97. The summed E-state index contributed by atoms with van der Waals surface area (Å²) in [5, 5.41) is 0. The first-order valence-electron chi connectivity index (χ1n) is 4.26. The van der Waals surface area contributed by atoms with Gasteiger partial charge in [-0.3, -0.25) is 0 Å². The summed E-state index contributed by atoms with van der Waals surface area (Å²) in [5.74, 6) is 3.17. The number of hydrogen-bond acceptors (Lipinski definition) is 1. The number of rotatable bonds is 6. The number of hydrogen-bond donors (Lipinski definition) is 0. The zero-order valence-electron chi connectivity index (χ0n) is 7.60. The summed E-state index contributed by atoms with van der Waals surface area (Å²) in [6, 6.07) is 0. The average molecular weight is 154 g/mol. The van der Waals surface area contributed by atoms with Crippen LogP contribution in [0.5, 0.6) is 0 Å². The van der Waals surface area contributed by atoms with Crippen LogP contribution in [0.25, 0.3) is 0 Å². The van der Waals surface area contributed by atoms with E-state index in [-0.39, 0.29) is 0 Å². The molecule has 1 nitrogen and oxygen atoms in total. The van der Waals surface area contributed by atoms with Crippen molar-refractivity contribution in [2.75, 3.05) is 13.7 Å². The van der Waals surface area contributed by atoms with E-state index < -0.39 is 0 Å². The van der Waals surface area contributed by atoms with E-state index >= 15 is 0 Å². The van der Waals surface area contributed by atoms with Crippen LogP contribution in [0.4, 0.5) is 0 Å². The molecule has 1 heteroatoms. The molecular weight excluding hydrogens is 136 g/mol. The molecule has 0 bridgehead atoms. The summed E-state index contributed by atoms with van der Waals surface area (Å²) in [4.78, 5) is 0. The fourth-order valence-corrected chi connectivity index (χ4v) is 0.957. The minimum absolute atomic E-state index is 0.442. The molecule has 0 aromatic heterocycles. The third-order valence-corrected chi connectivity index (χ3v) is 1.77. The molecule has 0 spiro atoms. The summed E-state index contributed by atoms with van der Waals surface area (Å²) < 4.78 is 4.93. The van der Waals surface area contributed by atoms with Gasteiger partial charge in [0.2, 0.25) is 0 Å². The Kier molecular flexibility index (Phi) is 7.29. The predicted octanol–water partition coefficient (Wildman–Crippen LogP) is 2.46. The molecule has 0 aliphatic heterocycles. The lowest BCUT2D eigenvalue weighted by molar-refractivity contribution is 0.191. The van der Waals surface area contributed by atoms with Gasteiger partial charge in [-0.2, -0.15) is 0 Å². The second-order valence-electron chi connectivity index (χ2n) is 2.91. The van der Waals surface area contributed by atoms with E-state index in [1.165, 1.54) is 12.8 Å². The molecule has 0 aromatic carbocycles. The van der Waals surface area contributed by atoms with Gasteiger partial charge in [-0.05, 0) is 12.8 Å². The van der Waals surface area contributed by atoms with Gasteiger partial charge < -0.3 is 4.74 Å². The maximum atomic E-state index is 5.24. The van der Waals surface area contributed by atoms with Gasteiger partial charge in [0.05, 0.1) is 0 Å². The minimum atomic E-state index is 0.442. The van der Waals surface area contributed by atoms with Gasteiger partial charge in [0, 0.05) is 19.6 Å². The Bertz CT molecular complexity index is 113. The lowest BCUT2D eigenvalue weighted by Crippen LogP contribution is -1.92. The van der Waals surface area contributed by atoms with Gasteiger partial charge in [0.15, 0.2) is 0 Å². The second-order valence-corrected chi connectivity index (χ2v) is 2.91. The van der Waals surface area contributed by atoms with Crippen LogP contribution in [0.15, 0.2) is 0 Å². The second kappa shape index (κ2) is 7.63. The van der Waals surface area contributed by atoms with Crippen LogP contribution in [-0.4, -0.2) is 13.7 Å². The van der Waals surface area contributed by atoms with Gasteiger partial charge in [-0.15, -0.1) is 12.3 Å². The summed E-state index contributed by atoms with van der Waals surface area (Å²) in [5.41, 5.74) is 0. The highest BCUT2D eigenvalue weighted by atomic mass is 16.5. The van der Waals surface area contributed by atoms with Crippen molar-refractivity contribution in [1.82, 2.24) is 0 Å². The molecule has 64 valence electrons. The smallest absolute Gasteiger partial charge is 0.0462 e. The fraction of sp³-hybridized carbons (Fsp3) is 0.800. The third-order valence-electron chi connectivity index (χ3n) is 1.77. The summed E-state index contributed by atoms with van der Waals surface area (Å²) in [6.07, 6.45) is 10.0. The molecule has 0 N–H and O–H groups in total. The van der Waals surface area contributed by atoms with Crippen molar-refractivity contribution < 1.29 is 4.74 Å². The predicted molar refractivity (Wildman–Crippen MR) is 48.3 cm³/mol. The highest BCUT2D eigenvalue weighted by Gasteiger charge is 1.95. The zero-order valence-corrected chi connectivity index (χ0v) is 7.60. The first-order valence-corrected chi connectivity index (χ1v) is 4.26. The molecule has 0 saturated heterocycles. The molecule has 0 amide bonds. The number of ether oxygens (including phenoxy) is 1. The van der Waals surface area contributed by atoms with E-state index in [2.05, 4.69) is 12.8 Å². The van der Waals surface area contributed by atoms with Crippen LogP contribution in [0.1, 0.15) is 32.6 Å². The maximum absolute atomic E-state index is 5.24. The van der Waals surface area contributed by atoms with Crippen LogP contribution < -0.4 is 0 Å². The van der Waals surface area contributed by atoms with Gasteiger partial charge >= 0.3 is 0 Å². The molecule has 0 aromatic rings. The third kappa shape index (κ3) is 7.42. The Balaban J connectivity index is 2.97. The highest BCUT2D eigenvalue weighted by molar-refractivity contribution is 4.89. The molecule has 0 aliphatic rings. The van der Waals surface area contributed by atoms with Crippen molar-refractivity contribution in [2.45, 2.75) is 32.6 Å². The van der Waals surface area contributed by atoms with Crippen LogP contribution >= 0.6 is 0 Å². The molecule has 1 unspecified atom stereocenters. The molecule has 0 fully saturated rings. The SMILES string of the molecule is C#CC(C)CCCCCOC. The molecule has 0 rings (SSSR count). The molecule has 11 heavy (non-hydrogen) atoms. The Labute approximate surface area is 70.1 Å². The lowest BCUT2D eigenvalue weighted by atomic mass is 10.0. The standard InChI is InChI=1S/C10H18O/c1-4-10(2)8-6-5-7-9-11-3/h1,10H,5-9H2,2-3H3. The first-order chi connectivity index (χ1) is 5.31.